The molecule has 0 fully saturated rings. The molecule has 0 saturated carbocycles. The molecule has 0 aliphatic carbocycles. The summed E-state index contributed by atoms with van der Waals surface area (Å²) in [4.78, 5) is 11.0. The Kier molecular flexibility index (Phi) is 13.7. The molecule has 0 rings (SSSR count). The third kappa shape index (κ3) is 17.4. The van der Waals surface area contributed by atoms with Crippen molar-refractivity contribution in [2.75, 3.05) is 6.61 Å². The molecule has 0 saturated heterocycles. The van der Waals surface area contributed by atoms with E-state index < -0.39 is 5.97 Å². The monoisotopic (exact) mass is 275 g/mol. The van der Waals surface area contributed by atoms with Crippen LogP contribution in [0, 0.1) is 11.3 Å². The molecule has 0 atom stereocenters. The Morgan fingerprint density at radius 3 is 2.41 bits per heavy atom. The highest BCUT2D eigenvalue weighted by Gasteiger charge is 2.03. The van der Waals surface area contributed by atoms with Crippen molar-refractivity contribution in [3.05, 3.63) is 35.4 Å². The number of nitrogens with zero attached hydrogens (tertiary/aromatic N) is 1. The average Bonchev–Trinajstić information content (AvgIpc) is 2.25. The lowest BCUT2D eigenvalue weighted by Crippen LogP contribution is -2.06. The van der Waals surface area contributed by atoms with E-state index in [9.17, 15) is 4.79 Å². The first-order valence-electron chi connectivity index (χ1n) is 4.87. The summed E-state index contributed by atoms with van der Waals surface area (Å²) in [6.07, 6.45) is 4.37. The Labute approximate surface area is 112 Å². The lowest BCUT2D eigenvalue weighted by molar-refractivity contribution is -0.138. The Balaban J connectivity index is 0. The predicted molar refractivity (Wildman–Crippen MR) is 70.6 cm³/mol. The molecule has 0 heterocycles. The van der Waals surface area contributed by atoms with Gasteiger partial charge in [-0.25, -0.2) is 4.79 Å². The van der Waals surface area contributed by atoms with Crippen LogP contribution in [-0.4, -0.2) is 12.6 Å². The van der Waals surface area contributed by atoms with Gasteiger partial charge < -0.3 is 4.74 Å². The van der Waals surface area contributed by atoms with Crippen LogP contribution in [0.25, 0.3) is 0 Å². The van der Waals surface area contributed by atoms with Crippen LogP contribution < -0.4 is 0 Å². The average molecular weight is 276 g/mol. The molecule has 0 N–H and O–H groups in total. The minimum atomic E-state index is -0.458. The molecule has 0 amide bonds. The third-order valence-corrected chi connectivity index (χ3v) is 1.35. The first-order chi connectivity index (χ1) is 7.95. The summed E-state index contributed by atoms with van der Waals surface area (Å²) in [5, 5.41) is 8.18. The van der Waals surface area contributed by atoms with Crippen LogP contribution in [0.1, 0.15) is 19.8 Å². The highest BCUT2D eigenvalue weighted by atomic mass is 35.5. The van der Waals surface area contributed by atoms with Crippen molar-refractivity contribution in [1.29, 1.82) is 5.26 Å². The third-order valence-electron chi connectivity index (χ3n) is 1.35. The van der Waals surface area contributed by atoms with Crippen molar-refractivity contribution < 1.29 is 9.53 Å². The first kappa shape index (κ1) is 18.1. The van der Waals surface area contributed by atoms with Crippen LogP contribution in [0.2, 0.25) is 0 Å². The van der Waals surface area contributed by atoms with Crippen molar-refractivity contribution in [3.8, 4) is 6.07 Å². The number of carbonyl (C=O) groups excluding carboxylic acids is 1. The van der Waals surface area contributed by atoms with E-state index in [4.69, 9.17) is 33.2 Å². The van der Waals surface area contributed by atoms with Gasteiger partial charge in [0.15, 0.2) is 0 Å². The molecule has 0 aliphatic rings. The van der Waals surface area contributed by atoms with Gasteiger partial charge in [-0.15, -0.1) is 0 Å². The lowest BCUT2D eigenvalue weighted by atomic mass is 10.3. The maximum atomic E-state index is 11.0. The van der Waals surface area contributed by atoms with Crippen molar-refractivity contribution in [1.82, 2.24) is 0 Å². The first-order valence-corrected chi connectivity index (χ1v) is 5.63. The number of ether oxygens (including phenoxy) is 1. The number of nitriles is 1. The van der Waals surface area contributed by atoms with Crippen LogP contribution in [0.4, 0.5) is 0 Å². The van der Waals surface area contributed by atoms with Gasteiger partial charge in [0.05, 0.1) is 22.7 Å². The molecule has 0 spiro atoms. The molecule has 0 radical (unpaired) electrons. The van der Waals surface area contributed by atoms with Crippen LogP contribution in [0.15, 0.2) is 35.4 Å². The SMILES string of the molecule is C=C(C=CC#N)C(=O)OCCCC.C=C(Cl)Cl. The minimum absolute atomic E-state index is 0.111. The van der Waals surface area contributed by atoms with E-state index >= 15 is 0 Å². The van der Waals surface area contributed by atoms with Crippen molar-refractivity contribution in [2.45, 2.75) is 19.8 Å². The van der Waals surface area contributed by atoms with Gasteiger partial charge in [0, 0.05) is 6.08 Å². The molecule has 0 aromatic carbocycles. The van der Waals surface area contributed by atoms with Crippen molar-refractivity contribution in [3.63, 3.8) is 0 Å². The van der Waals surface area contributed by atoms with Gasteiger partial charge in [-0.3, -0.25) is 0 Å². The number of hydrogen-bond acceptors (Lipinski definition) is 3. The highest BCUT2D eigenvalue weighted by Crippen LogP contribution is 1.99. The number of hydrogen-bond donors (Lipinski definition) is 0. The fourth-order valence-electron chi connectivity index (χ4n) is 0.608. The molecule has 5 heteroatoms. The van der Waals surface area contributed by atoms with Gasteiger partial charge in [-0.2, -0.15) is 5.26 Å². The van der Waals surface area contributed by atoms with E-state index in [2.05, 4.69) is 13.2 Å². The standard InChI is InChI=1S/C10H13NO2.C2H2Cl2/c1-3-4-8-13-10(12)9(2)6-5-7-11;1-2(3)4/h5-6H,2-4,8H2,1H3;1H2. The number of carbonyl (C=O) groups is 1. The second-order valence-corrected chi connectivity index (χ2v) is 3.92. The summed E-state index contributed by atoms with van der Waals surface area (Å²) < 4.78 is 4.95. The van der Waals surface area contributed by atoms with Gasteiger partial charge in [0.1, 0.15) is 0 Å². The van der Waals surface area contributed by atoms with E-state index in [-0.39, 0.29) is 10.1 Å². The van der Waals surface area contributed by atoms with Crippen LogP contribution in [-0.2, 0) is 9.53 Å². The Morgan fingerprint density at radius 1 is 1.47 bits per heavy atom. The van der Waals surface area contributed by atoms with Crippen LogP contribution in [0.3, 0.4) is 0 Å². The van der Waals surface area contributed by atoms with Crippen LogP contribution in [0.5, 0.6) is 0 Å². The Hall–Kier alpha value is -1.24. The predicted octanol–water partition coefficient (Wildman–Crippen LogP) is 3.90. The maximum Gasteiger partial charge on any atom is 0.337 e. The summed E-state index contributed by atoms with van der Waals surface area (Å²) in [5.74, 6) is -0.458. The summed E-state index contributed by atoms with van der Waals surface area (Å²) in [6, 6.07) is 1.77. The molecule has 0 aromatic rings. The minimum Gasteiger partial charge on any atom is -0.462 e. The summed E-state index contributed by atoms with van der Waals surface area (Å²) in [5.41, 5.74) is 0.206. The maximum absolute atomic E-state index is 11.0. The second-order valence-electron chi connectivity index (χ2n) is 2.82. The summed E-state index contributed by atoms with van der Waals surface area (Å²) in [6.45, 7) is 8.97. The van der Waals surface area contributed by atoms with Gasteiger partial charge in [-0.1, -0.05) is 49.7 Å². The molecule has 0 aromatic heterocycles. The normalized spacial score (nSPS) is 8.82. The van der Waals surface area contributed by atoms with Gasteiger partial charge in [0.2, 0.25) is 0 Å². The molecule has 0 unspecified atom stereocenters. The van der Waals surface area contributed by atoms with Gasteiger partial charge >= 0.3 is 5.97 Å². The van der Waals surface area contributed by atoms with Gasteiger partial charge in [-0.05, 0) is 12.5 Å². The summed E-state index contributed by atoms with van der Waals surface area (Å²) in [7, 11) is 0. The van der Waals surface area contributed by atoms with E-state index in [0.717, 1.165) is 12.8 Å². The molecule has 3 nitrogen and oxygen atoms in total. The zero-order chi connectivity index (χ0) is 13.7. The van der Waals surface area contributed by atoms with E-state index in [0.29, 0.717) is 6.61 Å². The number of unbranched alkanes of at least 4 members (excludes halogenated alkanes) is 1. The number of halogens is 2. The van der Waals surface area contributed by atoms with Gasteiger partial charge in [0.25, 0.3) is 0 Å². The molecular formula is C12H15Cl2NO2. The molecule has 94 valence electrons. The largest absolute Gasteiger partial charge is 0.462 e. The number of rotatable bonds is 5. The Bertz CT molecular complexity index is 326. The smallest absolute Gasteiger partial charge is 0.337 e. The van der Waals surface area contributed by atoms with Crippen molar-refractivity contribution >= 4 is 29.2 Å². The highest BCUT2D eigenvalue weighted by molar-refractivity contribution is 6.55. The fourth-order valence-corrected chi connectivity index (χ4v) is 0.608. The zero-order valence-electron chi connectivity index (χ0n) is 9.71. The number of esters is 1. The quantitative estimate of drug-likeness (QED) is 0.251. The topological polar surface area (TPSA) is 50.1 Å². The molecular weight excluding hydrogens is 261 g/mol. The van der Waals surface area contributed by atoms with Crippen LogP contribution >= 0.6 is 23.2 Å². The fraction of sp³-hybridized carbons (Fsp3) is 0.333. The van der Waals surface area contributed by atoms with E-state index in [1.54, 1.807) is 6.07 Å². The number of allylic oxidation sites excluding steroid dienone is 1. The van der Waals surface area contributed by atoms with E-state index in [1.165, 1.54) is 12.2 Å². The molecule has 17 heavy (non-hydrogen) atoms. The molecule has 0 aliphatic heterocycles. The second kappa shape index (κ2) is 12.8. The van der Waals surface area contributed by atoms with Crippen molar-refractivity contribution in [2.24, 2.45) is 0 Å². The summed E-state index contributed by atoms with van der Waals surface area (Å²) >= 11 is 9.69. The van der Waals surface area contributed by atoms with E-state index in [1.807, 2.05) is 6.92 Å². The Morgan fingerprint density at radius 2 is 2.00 bits per heavy atom. The molecule has 0 bridgehead atoms. The lowest BCUT2D eigenvalue weighted by Gasteiger charge is -2.01. The zero-order valence-corrected chi connectivity index (χ0v) is 11.2.